The number of fused-ring (bicyclic) bond motifs is 3. The van der Waals surface area contributed by atoms with Crippen LogP contribution in [-0.2, 0) is 36.8 Å². The van der Waals surface area contributed by atoms with E-state index in [1.54, 1.807) is 18.2 Å². The highest BCUT2D eigenvalue weighted by atomic mass is 19.1. The lowest BCUT2D eigenvalue weighted by Gasteiger charge is -2.50. The second-order valence-electron chi connectivity index (χ2n) is 12.7. The predicted octanol–water partition coefficient (Wildman–Crippen LogP) is 2.45. The predicted molar refractivity (Wildman–Crippen MR) is 162 cm³/mol. The number of amides is 1. The minimum atomic E-state index is -2.76. The van der Waals surface area contributed by atoms with E-state index >= 15 is 0 Å². The van der Waals surface area contributed by atoms with E-state index in [1.807, 2.05) is 0 Å². The molecule has 1 aliphatic heterocycles. The lowest BCUT2D eigenvalue weighted by molar-refractivity contribution is -0.153. The fourth-order valence-electron chi connectivity index (χ4n) is 7.70. The molecule has 11 nitrogen and oxygen atoms in total. The molecular formula is C34H35FN2O9. The van der Waals surface area contributed by atoms with E-state index < -0.39 is 70.0 Å². The van der Waals surface area contributed by atoms with Gasteiger partial charge in [0.05, 0.1) is 11.6 Å². The summed E-state index contributed by atoms with van der Waals surface area (Å²) in [5.41, 5.74) is 3.23. The van der Waals surface area contributed by atoms with Gasteiger partial charge in [0.2, 0.25) is 5.78 Å². The van der Waals surface area contributed by atoms with Crippen molar-refractivity contribution in [3.05, 3.63) is 69.7 Å². The molecule has 2 fully saturated rings. The van der Waals surface area contributed by atoms with Crippen LogP contribution in [0.3, 0.4) is 0 Å². The number of rotatable bonds is 7. The van der Waals surface area contributed by atoms with Crippen molar-refractivity contribution in [3.8, 4) is 16.9 Å². The number of likely N-dealkylation sites (N-methyl/N-ethyl adjacent to an activating group) is 1. The molecule has 1 amide bonds. The van der Waals surface area contributed by atoms with Gasteiger partial charge in [-0.05, 0) is 92.6 Å². The number of carbonyl (C=O) groups is 4. The van der Waals surface area contributed by atoms with Crippen LogP contribution in [0.2, 0.25) is 0 Å². The van der Waals surface area contributed by atoms with E-state index in [1.165, 1.54) is 31.1 Å². The Morgan fingerprint density at radius 1 is 1.13 bits per heavy atom. The van der Waals surface area contributed by atoms with Gasteiger partial charge < -0.3 is 30.9 Å². The summed E-state index contributed by atoms with van der Waals surface area (Å²) in [6, 6.07) is 6.10. The Labute approximate surface area is 263 Å². The molecule has 5 unspecified atom stereocenters. The van der Waals surface area contributed by atoms with E-state index in [2.05, 4.69) is 0 Å². The molecule has 2 aromatic carbocycles. The number of aliphatic hydroxyl groups excluding tert-OH is 2. The monoisotopic (exact) mass is 634 g/mol. The molecule has 3 aliphatic carbocycles. The number of benzene rings is 2. The maximum atomic E-state index is 14.2. The number of phenols is 1. The third kappa shape index (κ3) is 4.74. The summed E-state index contributed by atoms with van der Waals surface area (Å²) in [5, 5.41) is 46.3. The van der Waals surface area contributed by atoms with Gasteiger partial charge in [0.1, 0.15) is 34.8 Å². The number of aliphatic hydroxyl groups is 3. The highest BCUT2D eigenvalue weighted by molar-refractivity contribution is 6.24. The summed E-state index contributed by atoms with van der Waals surface area (Å²) in [4.78, 5) is 54.0. The molecule has 12 heteroatoms. The maximum absolute atomic E-state index is 14.2. The number of halogens is 1. The Morgan fingerprint density at radius 2 is 1.83 bits per heavy atom. The second kappa shape index (κ2) is 11.4. The average molecular weight is 635 g/mol. The molecule has 6 rings (SSSR count). The molecule has 1 saturated carbocycles. The second-order valence-corrected chi connectivity index (χ2v) is 12.7. The molecular weight excluding hydrogens is 599 g/mol. The quantitative estimate of drug-likeness (QED) is 0.283. The highest BCUT2D eigenvalue weighted by Gasteiger charge is 2.64. The third-order valence-corrected chi connectivity index (χ3v) is 9.88. The zero-order valence-corrected chi connectivity index (χ0v) is 25.4. The molecule has 5 atom stereocenters. The van der Waals surface area contributed by atoms with E-state index in [4.69, 9.17) is 10.5 Å². The fraction of sp³-hybridized carbons (Fsp3) is 0.412. The minimum Gasteiger partial charge on any atom is -0.508 e. The number of nitrogens with zero attached hydrogens (tertiary/aromatic N) is 1. The Hall–Kier alpha value is -4.39. The average Bonchev–Trinajstić information content (AvgIpc) is 3.54. The van der Waals surface area contributed by atoms with E-state index in [9.17, 15) is 44.0 Å². The van der Waals surface area contributed by atoms with Gasteiger partial charge in [0.25, 0.3) is 5.91 Å². The summed E-state index contributed by atoms with van der Waals surface area (Å²) in [6.07, 6.45) is 0.978. The Morgan fingerprint density at radius 3 is 2.43 bits per heavy atom. The number of nitrogens with two attached hydrogens (primary N) is 1. The van der Waals surface area contributed by atoms with Crippen LogP contribution in [-0.4, -0.2) is 87.0 Å². The summed E-state index contributed by atoms with van der Waals surface area (Å²) in [6.45, 7) is 0.494. The Balaban J connectivity index is 1.52. The number of aromatic hydroxyl groups is 1. The van der Waals surface area contributed by atoms with Crippen LogP contribution in [0.15, 0.2) is 47.2 Å². The van der Waals surface area contributed by atoms with Crippen LogP contribution < -0.4 is 5.73 Å². The number of primary amides is 1. The first-order valence-electron chi connectivity index (χ1n) is 15.2. The molecule has 242 valence electrons. The topological polar surface area (TPSA) is 188 Å². The molecule has 2 aromatic rings. The van der Waals surface area contributed by atoms with Crippen molar-refractivity contribution < 1.29 is 48.7 Å². The van der Waals surface area contributed by atoms with Gasteiger partial charge in [-0.2, -0.15) is 0 Å². The van der Waals surface area contributed by atoms with Gasteiger partial charge in [-0.3, -0.25) is 24.1 Å². The minimum absolute atomic E-state index is 0.0364. The number of carbonyl (C=O) groups excluding carboxylic acids is 4. The summed E-state index contributed by atoms with van der Waals surface area (Å²) >= 11 is 0. The van der Waals surface area contributed by atoms with Crippen molar-refractivity contribution in [2.24, 2.45) is 17.6 Å². The lowest BCUT2D eigenvalue weighted by atomic mass is 9.57. The fourth-order valence-corrected chi connectivity index (χ4v) is 7.70. The number of phenolic OH excluding ortho intramolecular Hbond substituents is 1. The number of hydrogen-bond donors (Lipinski definition) is 5. The SMILES string of the molecule is CN(C)C1C(=O)C(C(N)=O)=C(O)C2(O)C(=O)C3=C(O)c4c(O)c(CCC(=O)C5CCCO5)cc(-c5ccc(F)cc5)c4CC3CC12. The molecule has 4 aliphatic rings. The van der Waals surface area contributed by atoms with Gasteiger partial charge >= 0.3 is 0 Å². The first-order chi connectivity index (χ1) is 21.8. The molecule has 1 heterocycles. The van der Waals surface area contributed by atoms with Crippen LogP contribution in [0, 0.1) is 17.7 Å². The van der Waals surface area contributed by atoms with Gasteiger partial charge in [-0.1, -0.05) is 12.1 Å². The Bertz CT molecular complexity index is 1740. The van der Waals surface area contributed by atoms with Crippen LogP contribution in [0.1, 0.15) is 42.4 Å². The smallest absolute Gasteiger partial charge is 0.255 e. The lowest BCUT2D eigenvalue weighted by Crippen LogP contribution is -2.65. The first-order valence-corrected chi connectivity index (χ1v) is 15.2. The van der Waals surface area contributed by atoms with E-state index in [0.29, 0.717) is 35.3 Å². The Kier molecular flexibility index (Phi) is 7.86. The summed E-state index contributed by atoms with van der Waals surface area (Å²) < 4.78 is 19.4. The number of hydrogen-bond acceptors (Lipinski definition) is 10. The third-order valence-electron chi connectivity index (χ3n) is 9.88. The zero-order valence-electron chi connectivity index (χ0n) is 25.4. The summed E-state index contributed by atoms with van der Waals surface area (Å²) in [7, 11) is 3.06. The maximum Gasteiger partial charge on any atom is 0.255 e. The van der Waals surface area contributed by atoms with Crippen LogP contribution >= 0.6 is 0 Å². The number of ether oxygens (including phenoxy) is 1. The molecule has 46 heavy (non-hydrogen) atoms. The van der Waals surface area contributed by atoms with Gasteiger partial charge in [-0.25, -0.2) is 4.39 Å². The number of aryl methyl sites for hydroxylation is 1. The van der Waals surface area contributed by atoms with Crippen molar-refractivity contribution in [1.82, 2.24) is 4.90 Å². The standard InChI is InChI=1S/C34H35FN2O9/c1-37(2)27-21-14-17-13-20-19(15-5-8-18(35)9-6-15)12-16(7-10-22(38)23-4-3-11-46-23)28(39)25(20)29(40)24(17)31(42)34(21,45)32(43)26(30(27)41)33(36)44/h5-6,8-9,12,17,21,23,27,39-40,43,45H,3-4,7,10-11,13-14H2,1-2H3,(H2,36,44). The normalized spacial score (nSPS) is 27.5. The molecule has 0 bridgehead atoms. The van der Waals surface area contributed by atoms with Crippen LogP contribution in [0.5, 0.6) is 5.75 Å². The van der Waals surface area contributed by atoms with E-state index in [-0.39, 0.29) is 48.4 Å². The number of ketones is 3. The molecule has 0 radical (unpaired) electrons. The van der Waals surface area contributed by atoms with Crippen molar-refractivity contribution in [3.63, 3.8) is 0 Å². The highest BCUT2D eigenvalue weighted by Crippen LogP contribution is 2.54. The van der Waals surface area contributed by atoms with Gasteiger partial charge in [-0.15, -0.1) is 0 Å². The van der Waals surface area contributed by atoms with Crippen molar-refractivity contribution in [2.75, 3.05) is 20.7 Å². The van der Waals surface area contributed by atoms with Gasteiger partial charge in [0, 0.05) is 24.5 Å². The van der Waals surface area contributed by atoms with Crippen LogP contribution in [0.4, 0.5) is 4.39 Å². The van der Waals surface area contributed by atoms with E-state index in [0.717, 1.165) is 6.42 Å². The van der Waals surface area contributed by atoms with Crippen molar-refractivity contribution >= 4 is 29.0 Å². The van der Waals surface area contributed by atoms with Gasteiger partial charge in [0.15, 0.2) is 17.2 Å². The molecule has 0 spiro atoms. The molecule has 0 aromatic heterocycles. The van der Waals surface area contributed by atoms with Crippen LogP contribution in [0.25, 0.3) is 16.9 Å². The number of Topliss-reactive ketones (excluding diaryl/α,β-unsaturated/α-hetero) is 3. The zero-order chi connectivity index (χ0) is 33.2. The van der Waals surface area contributed by atoms with Crippen molar-refractivity contribution in [2.45, 2.75) is 56.3 Å². The largest absolute Gasteiger partial charge is 0.508 e. The first kappa shape index (κ1) is 31.6. The summed E-state index contributed by atoms with van der Waals surface area (Å²) in [5.74, 6) is -8.02. The van der Waals surface area contributed by atoms with Crippen molar-refractivity contribution in [1.29, 1.82) is 0 Å². The molecule has 6 N–H and O–H groups in total. The molecule has 1 saturated heterocycles.